The fourth-order valence-corrected chi connectivity index (χ4v) is 1.23. The molecule has 0 bridgehead atoms. The Morgan fingerprint density at radius 2 is 1.65 bits per heavy atom. The standard InChI is InChI=1S/C12H10N4O/c1-9(2)3-11(17)4-12(7-15,8-16)10(5-13)6-14/h3,10H,4H2,1-2H3. The molecule has 17 heavy (non-hydrogen) atoms. The molecule has 0 aromatic heterocycles. The number of nitriles is 4. The molecule has 0 aromatic carbocycles. The van der Waals surface area contributed by atoms with Crippen molar-refractivity contribution in [2.45, 2.75) is 20.3 Å². The van der Waals surface area contributed by atoms with Crippen molar-refractivity contribution >= 4 is 5.78 Å². The van der Waals surface area contributed by atoms with Gasteiger partial charge < -0.3 is 0 Å². The Hall–Kier alpha value is -2.63. The topological polar surface area (TPSA) is 112 Å². The second-order valence-corrected chi connectivity index (χ2v) is 3.75. The van der Waals surface area contributed by atoms with Gasteiger partial charge in [0.05, 0.1) is 24.3 Å². The first-order valence-corrected chi connectivity index (χ1v) is 4.75. The first kappa shape index (κ1) is 14.4. The van der Waals surface area contributed by atoms with Gasteiger partial charge in [-0.3, -0.25) is 4.79 Å². The van der Waals surface area contributed by atoms with Crippen molar-refractivity contribution in [1.82, 2.24) is 0 Å². The van der Waals surface area contributed by atoms with Gasteiger partial charge in [0.25, 0.3) is 0 Å². The Morgan fingerprint density at radius 1 is 1.18 bits per heavy atom. The summed E-state index contributed by atoms with van der Waals surface area (Å²) in [6.07, 6.45) is 0.839. The maximum absolute atomic E-state index is 11.5. The minimum absolute atomic E-state index is 0.441. The molecular formula is C12H10N4O. The molecule has 0 rings (SSSR count). The number of allylic oxidation sites excluding steroid dienone is 2. The molecule has 0 N–H and O–H groups in total. The van der Waals surface area contributed by atoms with Crippen LogP contribution in [-0.4, -0.2) is 5.78 Å². The molecule has 0 radical (unpaired) electrons. The average molecular weight is 226 g/mol. The monoisotopic (exact) mass is 226 g/mol. The number of carbonyl (C=O) groups excluding carboxylic acids is 1. The maximum Gasteiger partial charge on any atom is 0.179 e. The lowest BCUT2D eigenvalue weighted by atomic mass is 9.75. The summed E-state index contributed by atoms with van der Waals surface area (Å²) < 4.78 is 0. The summed E-state index contributed by atoms with van der Waals surface area (Å²) in [5.41, 5.74) is -1.17. The van der Waals surface area contributed by atoms with E-state index in [9.17, 15) is 4.79 Å². The summed E-state index contributed by atoms with van der Waals surface area (Å²) >= 11 is 0. The molecule has 0 fully saturated rings. The van der Waals surface area contributed by atoms with Crippen LogP contribution in [0.1, 0.15) is 20.3 Å². The number of ketones is 1. The Bertz CT molecular complexity index is 473. The van der Waals surface area contributed by atoms with E-state index in [4.69, 9.17) is 21.0 Å². The van der Waals surface area contributed by atoms with Crippen LogP contribution >= 0.6 is 0 Å². The Kier molecular flexibility index (Phi) is 5.12. The van der Waals surface area contributed by atoms with E-state index in [0.29, 0.717) is 0 Å². The fraction of sp³-hybridized carbons (Fsp3) is 0.417. The average Bonchev–Trinajstić information content (AvgIpc) is 2.27. The zero-order valence-electron chi connectivity index (χ0n) is 9.56. The minimum Gasteiger partial charge on any atom is -0.295 e. The third-order valence-corrected chi connectivity index (χ3v) is 2.05. The van der Waals surface area contributed by atoms with Gasteiger partial charge in [-0.25, -0.2) is 0 Å². The molecule has 84 valence electrons. The lowest BCUT2D eigenvalue weighted by Gasteiger charge is -2.16. The van der Waals surface area contributed by atoms with Crippen LogP contribution in [0.4, 0.5) is 0 Å². The molecule has 0 saturated heterocycles. The molecule has 0 heterocycles. The molecule has 0 saturated carbocycles. The number of nitrogens with zero attached hydrogens (tertiary/aromatic N) is 4. The zero-order chi connectivity index (χ0) is 13.5. The van der Waals surface area contributed by atoms with Crippen LogP contribution in [0.5, 0.6) is 0 Å². The second kappa shape index (κ2) is 6.06. The van der Waals surface area contributed by atoms with Crippen molar-refractivity contribution in [3.63, 3.8) is 0 Å². The molecule has 0 amide bonds. The van der Waals surface area contributed by atoms with Crippen LogP contribution in [0.25, 0.3) is 0 Å². The van der Waals surface area contributed by atoms with Crippen LogP contribution in [-0.2, 0) is 4.79 Å². The van der Waals surface area contributed by atoms with Crippen molar-refractivity contribution in [2.24, 2.45) is 11.3 Å². The summed E-state index contributed by atoms with van der Waals surface area (Å²) in [7, 11) is 0. The zero-order valence-corrected chi connectivity index (χ0v) is 9.56. The number of hydrogen-bond acceptors (Lipinski definition) is 5. The fourth-order valence-electron chi connectivity index (χ4n) is 1.23. The minimum atomic E-state index is -1.90. The molecule has 0 spiro atoms. The highest BCUT2D eigenvalue weighted by atomic mass is 16.1. The summed E-state index contributed by atoms with van der Waals surface area (Å²) in [6.45, 7) is 3.40. The van der Waals surface area contributed by atoms with Crippen molar-refractivity contribution in [2.75, 3.05) is 0 Å². The van der Waals surface area contributed by atoms with Gasteiger partial charge >= 0.3 is 0 Å². The highest BCUT2D eigenvalue weighted by Gasteiger charge is 2.42. The normalized spacial score (nSPS) is 9.35. The van der Waals surface area contributed by atoms with E-state index in [1.54, 1.807) is 38.1 Å². The summed E-state index contributed by atoms with van der Waals surface area (Å²) in [4.78, 5) is 11.5. The van der Waals surface area contributed by atoms with Gasteiger partial charge in [0.1, 0.15) is 0 Å². The summed E-state index contributed by atoms with van der Waals surface area (Å²) in [5.74, 6) is -1.88. The van der Waals surface area contributed by atoms with Crippen molar-refractivity contribution in [3.05, 3.63) is 11.6 Å². The molecule has 5 nitrogen and oxygen atoms in total. The van der Waals surface area contributed by atoms with Gasteiger partial charge in [0, 0.05) is 6.42 Å². The van der Waals surface area contributed by atoms with Crippen molar-refractivity contribution in [1.29, 1.82) is 21.0 Å². The third-order valence-electron chi connectivity index (χ3n) is 2.05. The van der Waals surface area contributed by atoms with Gasteiger partial charge in [0.2, 0.25) is 0 Å². The van der Waals surface area contributed by atoms with Crippen molar-refractivity contribution in [3.8, 4) is 24.3 Å². The lowest BCUT2D eigenvalue weighted by molar-refractivity contribution is -0.115. The largest absolute Gasteiger partial charge is 0.295 e. The number of carbonyl (C=O) groups is 1. The summed E-state index contributed by atoms with van der Waals surface area (Å²) in [5, 5.41) is 35.3. The predicted octanol–water partition coefficient (Wildman–Crippen LogP) is 1.61. The highest BCUT2D eigenvalue weighted by Crippen LogP contribution is 2.30. The van der Waals surface area contributed by atoms with Crippen LogP contribution < -0.4 is 0 Å². The van der Waals surface area contributed by atoms with Crippen LogP contribution in [0.3, 0.4) is 0 Å². The van der Waals surface area contributed by atoms with Crippen LogP contribution in [0, 0.1) is 56.7 Å². The van der Waals surface area contributed by atoms with E-state index >= 15 is 0 Å². The van der Waals surface area contributed by atoms with E-state index in [1.165, 1.54) is 6.08 Å². The van der Waals surface area contributed by atoms with Gasteiger partial charge in [-0.2, -0.15) is 21.0 Å². The van der Waals surface area contributed by atoms with E-state index in [-0.39, 0.29) is 0 Å². The number of hydrogen-bond donors (Lipinski definition) is 0. The molecule has 0 unspecified atom stereocenters. The molecule has 0 aromatic rings. The third kappa shape index (κ3) is 3.45. The smallest absolute Gasteiger partial charge is 0.179 e. The van der Waals surface area contributed by atoms with Gasteiger partial charge in [-0.1, -0.05) is 5.57 Å². The van der Waals surface area contributed by atoms with Gasteiger partial charge in [-0.05, 0) is 19.9 Å². The van der Waals surface area contributed by atoms with E-state index < -0.39 is 23.5 Å². The van der Waals surface area contributed by atoms with E-state index in [0.717, 1.165) is 5.57 Å². The number of rotatable bonds is 4. The van der Waals surface area contributed by atoms with Gasteiger partial charge in [-0.15, -0.1) is 0 Å². The highest BCUT2D eigenvalue weighted by molar-refractivity contribution is 5.91. The molecule has 0 atom stereocenters. The quantitative estimate of drug-likeness (QED) is 0.675. The Labute approximate surface area is 99.8 Å². The molecule has 5 heteroatoms. The first-order chi connectivity index (χ1) is 7.95. The van der Waals surface area contributed by atoms with Gasteiger partial charge in [0.15, 0.2) is 17.1 Å². The van der Waals surface area contributed by atoms with E-state index in [2.05, 4.69) is 0 Å². The second-order valence-electron chi connectivity index (χ2n) is 3.75. The first-order valence-electron chi connectivity index (χ1n) is 4.75. The lowest BCUT2D eigenvalue weighted by Crippen LogP contribution is -2.28. The molecule has 0 aliphatic carbocycles. The predicted molar refractivity (Wildman–Crippen MR) is 57.4 cm³/mol. The Morgan fingerprint density at radius 3 is 1.94 bits per heavy atom. The van der Waals surface area contributed by atoms with Crippen LogP contribution in [0.2, 0.25) is 0 Å². The summed E-state index contributed by atoms with van der Waals surface area (Å²) in [6, 6.07) is 6.38. The maximum atomic E-state index is 11.5. The van der Waals surface area contributed by atoms with Crippen molar-refractivity contribution < 1.29 is 4.79 Å². The van der Waals surface area contributed by atoms with Crippen LogP contribution in [0.15, 0.2) is 11.6 Å². The Balaban J connectivity index is 5.32. The molecular weight excluding hydrogens is 216 g/mol. The molecule has 0 aliphatic rings. The van der Waals surface area contributed by atoms with E-state index in [1.807, 2.05) is 0 Å². The molecule has 0 aliphatic heterocycles. The SMILES string of the molecule is CC(C)=CC(=O)CC(C#N)(C#N)C(C#N)C#N.